The van der Waals surface area contributed by atoms with Gasteiger partial charge >= 0.3 is 0 Å². The van der Waals surface area contributed by atoms with Crippen LogP contribution in [0.3, 0.4) is 0 Å². The van der Waals surface area contributed by atoms with Crippen LogP contribution >= 0.6 is 27.5 Å². The molecule has 0 atom stereocenters. The third kappa shape index (κ3) is 3.27. The summed E-state index contributed by atoms with van der Waals surface area (Å²) < 4.78 is 0.611. The van der Waals surface area contributed by atoms with E-state index < -0.39 is 5.54 Å². The summed E-state index contributed by atoms with van der Waals surface area (Å²) >= 11 is 8.86. The van der Waals surface area contributed by atoms with Crippen molar-refractivity contribution in [3.8, 4) is 0 Å². The molecular weight excluding hydrogens is 285 g/mol. The van der Waals surface area contributed by atoms with Crippen molar-refractivity contribution >= 4 is 33.3 Å². The summed E-state index contributed by atoms with van der Waals surface area (Å²) in [5.74, 6) is 0.431. The van der Waals surface area contributed by atoms with E-state index in [1.165, 1.54) is 6.20 Å². The number of nitrogens with one attached hydrogen (secondary N) is 1. The van der Waals surface area contributed by atoms with Crippen molar-refractivity contribution in [1.29, 1.82) is 0 Å². The van der Waals surface area contributed by atoms with Gasteiger partial charge in [0.1, 0.15) is 5.82 Å². The molecule has 15 heavy (non-hydrogen) atoms. The number of halogens is 2. The van der Waals surface area contributed by atoms with Crippen molar-refractivity contribution in [3.63, 3.8) is 0 Å². The lowest BCUT2D eigenvalue weighted by atomic mass is 10.1. The molecule has 1 aromatic rings. The second kappa shape index (κ2) is 5.07. The third-order valence-electron chi connectivity index (χ3n) is 1.83. The van der Waals surface area contributed by atoms with E-state index in [0.29, 0.717) is 10.3 Å². The van der Waals surface area contributed by atoms with E-state index in [0.717, 1.165) is 0 Å². The van der Waals surface area contributed by atoms with Crippen LogP contribution in [0.2, 0.25) is 5.28 Å². The molecule has 0 aliphatic rings. The molecule has 0 aliphatic carbocycles. The normalized spacial score (nSPS) is 11.5. The van der Waals surface area contributed by atoms with Crippen molar-refractivity contribution in [3.05, 3.63) is 16.0 Å². The average Bonchev–Trinajstić information content (AvgIpc) is 2.23. The van der Waals surface area contributed by atoms with E-state index >= 15 is 0 Å². The monoisotopic (exact) mass is 295 g/mol. The Kier molecular flexibility index (Phi) is 4.27. The standard InChI is InChI=1S/C8H11BrClN3O2/c1-8(3-14,4-15)13-6-5(9)2-11-7(10)12-6/h2,14-15H,3-4H2,1H3,(H,11,12,13). The number of hydrogen-bond acceptors (Lipinski definition) is 5. The molecule has 3 N–H and O–H groups in total. The van der Waals surface area contributed by atoms with Gasteiger partial charge < -0.3 is 15.5 Å². The zero-order valence-electron chi connectivity index (χ0n) is 8.04. The smallest absolute Gasteiger partial charge is 0.224 e. The number of nitrogens with zero attached hydrogens (tertiary/aromatic N) is 2. The van der Waals surface area contributed by atoms with Crippen molar-refractivity contribution in [1.82, 2.24) is 9.97 Å². The van der Waals surface area contributed by atoms with Gasteiger partial charge in [-0.1, -0.05) is 0 Å². The Morgan fingerprint density at radius 1 is 1.53 bits per heavy atom. The lowest BCUT2D eigenvalue weighted by Crippen LogP contribution is -2.42. The predicted octanol–water partition coefficient (Wildman–Crippen LogP) is 1.05. The summed E-state index contributed by atoms with van der Waals surface area (Å²) in [6.07, 6.45) is 1.49. The average molecular weight is 297 g/mol. The van der Waals surface area contributed by atoms with Gasteiger partial charge in [0.15, 0.2) is 0 Å². The Morgan fingerprint density at radius 3 is 2.67 bits per heavy atom. The molecule has 1 aromatic heterocycles. The summed E-state index contributed by atoms with van der Waals surface area (Å²) in [5.41, 5.74) is -0.847. The molecular formula is C8H11BrClN3O2. The summed E-state index contributed by atoms with van der Waals surface area (Å²) in [7, 11) is 0. The molecule has 0 amide bonds. The van der Waals surface area contributed by atoms with Crippen LogP contribution in [0.5, 0.6) is 0 Å². The first-order valence-corrected chi connectivity index (χ1v) is 5.36. The second-order valence-corrected chi connectivity index (χ2v) is 4.53. The Bertz CT molecular complexity index is 347. The minimum absolute atomic E-state index is 0.0962. The first-order valence-electron chi connectivity index (χ1n) is 4.19. The van der Waals surface area contributed by atoms with Crippen molar-refractivity contribution in [2.45, 2.75) is 12.5 Å². The molecule has 5 nitrogen and oxygen atoms in total. The molecule has 0 fully saturated rings. The molecule has 7 heteroatoms. The number of hydrogen-bond donors (Lipinski definition) is 3. The Labute approximate surface area is 101 Å². The highest BCUT2D eigenvalue weighted by atomic mass is 79.9. The third-order valence-corrected chi connectivity index (χ3v) is 2.60. The van der Waals surface area contributed by atoms with Gasteiger partial charge in [-0.25, -0.2) is 4.98 Å². The first-order chi connectivity index (χ1) is 7.00. The molecule has 1 heterocycles. The van der Waals surface area contributed by atoms with Gasteiger partial charge in [-0.2, -0.15) is 4.98 Å². The second-order valence-electron chi connectivity index (χ2n) is 3.34. The van der Waals surface area contributed by atoms with Gasteiger partial charge in [-0.15, -0.1) is 0 Å². The van der Waals surface area contributed by atoms with Crippen molar-refractivity contribution in [2.75, 3.05) is 18.5 Å². The Morgan fingerprint density at radius 2 is 2.13 bits per heavy atom. The minimum atomic E-state index is -0.847. The SMILES string of the molecule is CC(CO)(CO)Nc1nc(Cl)ncc1Br. The molecule has 0 bridgehead atoms. The predicted molar refractivity (Wildman–Crippen MR) is 60.9 cm³/mol. The molecule has 0 unspecified atom stereocenters. The summed E-state index contributed by atoms with van der Waals surface area (Å²) in [4.78, 5) is 7.69. The lowest BCUT2D eigenvalue weighted by molar-refractivity contribution is 0.147. The first kappa shape index (κ1) is 12.6. The van der Waals surface area contributed by atoms with E-state index in [9.17, 15) is 0 Å². The largest absolute Gasteiger partial charge is 0.394 e. The zero-order valence-corrected chi connectivity index (χ0v) is 10.4. The number of aliphatic hydroxyl groups is 2. The van der Waals surface area contributed by atoms with Gasteiger partial charge in [0.25, 0.3) is 0 Å². The van der Waals surface area contributed by atoms with Crippen LogP contribution in [0, 0.1) is 0 Å². The summed E-state index contributed by atoms with van der Waals surface area (Å²) in [6, 6.07) is 0. The van der Waals surface area contributed by atoms with E-state index in [2.05, 4.69) is 31.2 Å². The maximum absolute atomic E-state index is 9.09. The Hall–Kier alpha value is -0.430. The molecule has 1 rings (SSSR count). The van der Waals surface area contributed by atoms with Crippen molar-refractivity contribution < 1.29 is 10.2 Å². The maximum atomic E-state index is 9.09. The summed E-state index contributed by atoms with van der Waals surface area (Å²) in [5, 5.41) is 21.2. The zero-order chi connectivity index (χ0) is 11.5. The van der Waals surface area contributed by atoms with Gasteiger partial charge in [0, 0.05) is 6.20 Å². The minimum Gasteiger partial charge on any atom is -0.394 e. The maximum Gasteiger partial charge on any atom is 0.224 e. The van der Waals surface area contributed by atoms with E-state index in [1.807, 2.05) is 0 Å². The Balaban J connectivity index is 2.92. The molecule has 84 valence electrons. The van der Waals surface area contributed by atoms with Crippen LogP contribution in [0.4, 0.5) is 5.82 Å². The number of anilines is 1. The van der Waals surface area contributed by atoms with Crippen LogP contribution in [0.15, 0.2) is 10.7 Å². The number of rotatable bonds is 4. The fraction of sp³-hybridized carbons (Fsp3) is 0.500. The van der Waals surface area contributed by atoms with Gasteiger partial charge in [-0.3, -0.25) is 0 Å². The highest BCUT2D eigenvalue weighted by Gasteiger charge is 2.23. The fourth-order valence-electron chi connectivity index (χ4n) is 0.848. The highest BCUT2D eigenvalue weighted by molar-refractivity contribution is 9.10. The van der Waals surface area contributed by atoms with Crippen LogP contribution in [0.25, 0.3) is 0 Å². The van der Waals surface area contributed by atoms with E-state index in [4.69, 9.17) is 21.8 Å². The van der Waals surface area contributed by atoms with E-state index in [1.54, 1.807) is 6.92 Å². The fourth-order valence-corrected chi connectivity index (χ4v) is 1.27. The van der Waals surface area contributed by atoms with Crippen LogP contribution in [-0.4, -0.2) is 38.9 Å². The van der Waals surface area contributed by atoms with E-state index in [-0.39, 0.29) is 18.5 Å². The summed E-state index contributed by atoms with van der Waals surface area (Å²) in [6.45, 7) is 1.21. The number of aliphatic hydroxyl groups excluding tert-OH is 2. The highest BCUT2D eigenvalue weighted by Crippen LogP contribution is 2.23. The van der Waals surface area contributed by atoms with Gasteiger partial charge in [0.05, 0.1) is 23.2 Å². The topological polar surface area (TPSA) is 78.3 Å². The molecule has 0 aliphatic heterocycles. The van der Waals surface area contributed by atoms with Crippen LogP contribution in [-0.2, 0) is 0 Å². The molecule has 0 spiro atoms. The van der Waals surface area contributed by atoms with Gasteiger partial charge in [0.2, 0.25) is 5.28 Å². The number of aromatic nitrogens is 2. The molecule has 0 saturated carbocycles. The quantitative estimate of drug-likeness (QED) is 0.724. The van der Waals surface area contributed by atoms with Crippen LogP contribution < -0.4 is 5.32 Å². The molecule has 0 radical (unpaired) electrons. The molecule has 0 saturated heterocycles. The molecule has 0 aromatic carbocycles. The van der Waals surface area contributed by atoms with Crippen molar-refractivity contribution in [2.24, 2.45) is 0 Å². The van der Waals surface area contributed by atoms with Crippen LogP contribution in [0.1, 0.15) is 6.92 Å². The van der Waals surface area contributed by atoms with Gasteiger partial charge in [-0.05, 0) is 34.5 Å². The lowest BCUT2D eigenvalue weighted by Gasteiger charge is -2.27.